The topological polar surface area (TPSA) is 45.1 Å². The number of carboxylic acid groups (broad SMARTS) is 1. The van der Waals surface area contributed by atoms with Gasteiger partial charge in [0.05, 0.1) is 5.97 Å². The van der Waals surface area contributed by atoms with E-state index >= 15 is 0 Å². The zero-order valence-electron chi connectivity index (χ0n) is 10.2. The molecule has 88 valence electrons. The van der Waals surface area contributed by atoms with Crippen LogP contribution in [0.3, 0.4) is 0 Å². The molecule has 1 aromatic heterocycles. The van der Waals surface area contributed by atoms with Crippen molar-refractivity contribution in [2.75, 3.05) is 0 Å². The van der Waals surface area contributed by atoms with E-state index in [1.54, 1.807) is 13.0 Å². The van der Waals surface area contributed by atoms with E-state index in [9.17, 15) is 9.90 Å². The van der Waals surface area contributed by atoms with Crippen molar-refractivity contribution in [3.05, 3.63) is 52.8 Å². The molecule has 0 fully saturated rings. The van der Waals surface area contributed by atoms with Gasteiger partial charge >= 0.3 is 0 Å². The van der Waals surface area contributed by atoms with Crippen LogP contribution in [0.15, 0.2) is 30.3 Å². The van der Waals surface area contributed by atoms with Crippen LogP contribution in [-0.2, 0) is 0 Å². The molecule has 3 heteroatoms. The number of carbonyl (C=O) groups excluding carboxylic acids is 1. The zero-order valence-corrected chi connectivity index (χ0v) is 10.2. The number of carbonyl (C=O) groups is 1. The Labute approximate surface area is 100 Å². The third kappa shape index (κ3) is 1.96. The monoisotopic (exact) mass is 228 g/mol. The lowest BCUT2D eigenvalue weighted by Crippen LogP contribution is -2.22. The maximum atomic E-state index is 11.0. The van der Waals surface area contributed by atoms with Gasteiger partial charge in [-0.15, -0.1) is 0 Å². The van der Waals surface area contributed by atoms with Crippen LogP contribution < -0.4 is 5.11 Å². The Morgan fingerprint density at radius 2 is 1.88 bits per heavy atom. The second-order valence-electron chi connectivity index (χ2n) is 4.25. The summed E-state index contributed by atoms with van der Waals surface area (Å²) in [4.78, 5) is 11.0. The first-order valence-electron chi connectivity index (χ1n) is 5.48. The minimum absolute atomic E-state index is 0.254. The summed E-state index contributed by atoms with van der Waals surface area (Å²) >= 11 is 0. The summed E-state index contributed by atoms with van der Waals surface area (Å²) in [5.74, 6) is -1.13. The van der Waals surface area contributed by atoms with Gasteiger partial charge in [0.2, 0.25) is 0 Å². The van der Waals surface area contributed by atoms with Crippen molar-refractivity contribution in [2.24, 2.45) is 0 Å². The van der Waals surface area contributed by atoms with Crippen LogP contribution in [0.5, 0.6) is 0 Å². The van der Waals surface area contributed by atoms with Gasteiger partial charge in [0.15, 0.2) is 0 Å². The third-order valence-electron chi connectivity index (χ3n) is 2.91. The molecule has 0 amide bonds. The molecule has 0 bridgehead atoms. The number of aryl methyl sites for hydroxylation is 2. The standard InChI is InChI=1S/C14H15NO2/c1-9-5-4-6-12(7-9)15-10(2)8-13(11(15)3)14(16)17/h4-8H,1-3H3,(H,16,17)/p-1. The van der Waals surface area contributed by atoms with E-state index in [2.05, 4.69) is 0 Å². The zero-order chi connectivity index (χ0) is 12.6. The van der Waals surface area contributed by atoms with Crippen molar-refractivity contribution in [2.45, 2.75) is 20.8 Å². The average molecular weight is 228 g/mol. The Hall–Kier alpha value is -2.03. The second kappa shape index (κ2) is 4.09. The third-order valence-corrected chi connectivity index (χ3v) is 2.91. The molecule has 0 saturated heterocycles. The summed E-state index contributed by atoms with van der Waals surface area (Å²) in [7, 11) is 0. The van der Waals surface area contributed by atoms with Gasteiger partial charge in [-0.2, -0.15) is 0 Å². The highest BCUT2D eigenvalue weighted by Gasteiger charge is 2.10. The molecule has 0 radical (unpaired) electrons. The average Bonchev–Trinajstić information content (AvgIpc) is 2.54. The van der Waals surface area contributed by atoms with Crippen molar-refractivity contribution in [3.8, 4) is 5.69 Å². The van der Waals surface area contributed by atoms with E-state index in [1.807, 2.05) is 42.7 Å². The number of hydrogen-bond acceptors (Lipinski definition) is 2. The smallest absolute Gasteiger partial charge is 0.0733 e. The predicted octanol–water partition coefficient (Wildman–Crippen LogP) is 1.77. The molecular weight excluding hydrogens is 214 g/mol. The number of aromatic carboxylic acids is 1. The fourth-order valence-corrected chi connectivity index (χ4v) is 2.13. The highest BCUT2D eigenvalue weighted by atomic mass is 16.4. The molecule has 0 unspecified atom stereocenters. The van der Waals surface area contributed by atoms with E-state index < -0.39 is 5.97 Å². The summed E-state index contributed by atoms with van der Waals surface area (Å²) in [6.45, 7) is 5.69. The summed E-state index contributed by atoms with van der Waals surface area (Å²) in [6, 6.07) is 9.61. The number of nitrogens with zero attached hydrogens (tertiary/aromatic N) is 1. The van der Waals surface area contributed by atoms with Crippen molar-refractivity contribution in [1.29, 1.82) is 0 Å². The molecule has 0 N–H and O–H groups in total. The molecule has 1 aromatic carbocycles. The molecule has 1 heterocycles. The summed E-state index contributed by atoms with van der Waals surface area (Å²) in [5, 5.41) is 11.0. The summed E-state index contributed by atoms with van der Waals surface area (Å²) < 4.78 is 1.93. The van der Waals surface area contributed by atoms with Crippen LogP contribution in [-0.4, -0.2) is 10.5 Å². The quantitative estimate of drug-likeness (QED) is 0.786. The molecule has 2 aromatic rings. The lowest BCUT2D eigenvalue weighted by molar-refractivity contribution is -0.255. The van der Waals surface area contributed by atoms with Crippen LogP contribution in [0.1, 0.15) is 27.3 Å². The van der Waals surface area contributed by atoms with Crippen LogP contribution >= 0.6 is 0 Å². The summed E-state index contributed by atoms with van der Waals surface area (Å²) in [5.41, 5.74) is 3.97. The lowest BCUT2D eigenvalue weighted by atomic mass is 10.2. The van der Waals surface area contributed by atoms with Crippen LogP contribution in [0, 0.1) is 20.8 Å². The molecule has 0 saturated carbocycles. The van der Waals surface area contributed by atoms with E-state index in [-0.39, 0.29) is 5.56 Å². The van der Waals surface area contributed by atoms with Crippen LogP contribution in [0.4, 0.5) is 0 Å². The maximum Gasteiger partial charge on any atom is 0.0733 e. The molecule has 2 rings (SSSR count). The van der Waals surface area contributed by atoms with Crippen molar-refractivity contribution < 1.29 is 9.90 Å². The Balaban J connectivity index is 2.64. The Morgan fingerprint density at radius 1 is 1.18 bits per heavy atom. The van der Waals surface area contributed by atoms with Gasteiger partial charge in [-0.05, 0) is 44.5 Å². The normalized spacial score (nSPS) is 10.5. The van der Waals surface area contributed by atoms with E-state index in [4.69, 9.17) is 0 Å². The largest absolute Gasteiger partial charge is 0.545 e. The first-order valence-corrected chi connectivity index (χ1v) is 5.48. The Bertz CT molecular complexity index is 582. The first kappa shape index (κ1) is 11.5. The second-order valence-corrected chi connectivity index (χ2v) is 4.25. The van der Waals surface area contributed by atoms with Crippen molar-refractivity contribution in [3.63, 3.8) is 0 Å². The highest BCUT2D eigenvalue weighted by molar-refractivity contribution is 5.87. The van der Waals surface area contributed by atoms with Gasteiger partial charge in [-0.1, -0.05) is 12.1 Å². The van der Waals surface area contributed by atoms with E-state index in [0.29, 0.717) is 5.69 Å². The lowest BCUT2D eigenvalue weighted by Gasteiger charge is -2.11. The van der Waals surface area contributed by atoms with Crippen molar-refractivity contribution >= 4 is 5.97 Å². The molecule has 0 spiro atoms. The number of carboxylic acids is 1. The fraction of sp³-hybridized carbons (Fsp3) is 0.214. The minimum Gasteiger partial charge on any atom is -0.545 e. The molecular formula is C14H14NO2-. The molecule has 0 aliphatic heterocycles. The Kier molecular flexibility index (Phi) is 2.76. The molecule has 0 atom stereocenters. The summed E-state index contributed by atoms with van der Waals surface area (Å²) in [6.07, 6.45) is 0. The van der Waals surface area contributed by atoms with Gasteiger partial charge in [0.25, 0.3) is 0 Å². The molecule has 0 aliphatic rings. The van der Waals surface area contributed by atoms with Crippen molar-refractivity contribution in [1.82, 2.24) is 4.57 Å². The van der Waals surface area contributed by atoms with Crippen LogP contribution in [0.25, 0.3) is 5.69 Å². The van der Waals surface area contributed by atoms with Gasteiger partial charge in [-0.25, -0.2) is 0 Å². The van der Waals surface area contributed by atoms with Gasteiger partial charge in [0, 0.05) is 22.6 Å². The number of benzene rings is 1. The van der Waals surface area contributed by atoms with Gasteiger partial charge in [0.1, 0.15) is 0 Å². The van der Waals surface area contributed by atoms with Crippen LogP contribution in [0.2, 0.25) is 0 Å². The minimum atomic E-state index is -1.13. The first-order chi connectivity index (χ1) is 8.00. The van der Waals surface area contributed by atoms with Gasteiger partial charge in [-0.3, -0.25) is 0 Å². The molecule has 17 heavy (non-hydrogen) atoms. The molecule has 0 aliphatic carbocycles. The maximum absolute atomic E-state index is 11.0. The number of aromatic nitrogens is 1. The Morgan fingerprint density at radius 3 is 2.41 bits per heavy atom. The van der Waals surface area contributed by atoms with E-state index in [0.717, 1.165) is 16.9 Å². The SMILES string of the molecule is Cc1cccc(-n2c(C)cc(C(=O)[O-])c2C)c1. The molecule has 3 nitrogen and oxygen atoms in total. The predicted molar refractivity (Wildman–Crippen MR) is 64.3 cm³/mol. The van der Waals surface area contributed by atoms with Gasteiger partial charge < -0.3 is 14.5 Å². The fourth-order valence-electron chi connectivity index (χ4n) is 2.13. The van der Waals surface area contributed by atoms with E-state index in [1.165, 1.54) is 0 Å². The number of rotatable bonds is 2. The highest BCUT2D eigenvalue weighted by Crippen LogP contribution is 2.20. The number of hydrogen-bond donors (Lipinski definition) is 0.